The largest absolute Gasteiger partial charge is 0.309 e. The molecule has 0 saturated heterocycles. The van der Waals surface area contributed by atoms with Crippen LogP contribution in [0.15, 0.2) is 182 Å². The third-order valence-electron chi connectivity index (χ3n) is 9.06. The molecule has 2 heterocycles. The van der Waals surface area contributed by atoms with Crippen LogP contribution in [0.25, 0.3) is 67.5 Å². The molecule has 1 aliphatic rings. The van der Waals surface area contributed by atoms with E-state index in [1.54, 1.807) is 0 Å². The lowest BCUT2D eigenvalue weighted by molar-refractivity contribution is 1.07. The van der Waals surface area contributed by atoms with Crippen LogP contribution < -0.4 is 4.90 Å². The summed E-state index contributed by atoms with van der Waals surface area (Å²) in [5.41, 5.74) is 13.3. The third-order valence-corrected chi connectivity index (χ3v) is 9.06. The first-order chi connectivity index (χ1) is 24.3. The second kappa shape index (κ2) is 12.2. The Morgan fingerprint density at radius 3 is 1.39 bits per heavy atom. The Balaban J connectivity index is 1.20. The number of hydrogen-bond acceptors (Lipinski definition) is 4. The van der Waals surface area contributed by atoms with Crippen molar-refractivity contribution in [3.63, 3.8) is 0 Å². The average molecular weight is 627 g/mol. The molecule has 1 aliphatic heterocycles. The maximum atomic E-state index is 4.98. The second-order valence-electron chi connectivity index (χ2n) is 12.1. The molecule has 0 spiro atoms. The van der Waals surface area contributed by atoms with Crippen molar-refractivity contribution in [1.82, 2.24) is 15.0 Å². The molecule has 7 aromatic carbocycles. The van der Waals surface area contributed by atoms with E-state index in [1.807, 2.05) is 60.7 Å². The van der Waals surface area contributed by atoms with Gasteiger partial charge in [0.15, 0.2) is 17.5 Å². The predicted molar refractivity (Wildman–Crippen MR) is 201 cm³/mol. The van der Waals surface area contributed by atoms with Crippen LogP contribution in [0.4, 0.5) is 17.1 Å². The fraction of sp³-hybridized carbons (Fsp3) is 0. The van der Waals surface area contributed by atoms with E-state index in [2.05, 4.69) is 126 Å². The molecule has 0 N–H and O–H groups in total. The topological polar surface area (TPSA) is 41.9 Å². The van der Waals surface area contributed by atoms with Gasteiger partial charge in [-0.3, -0.25) is 0 Å². The van der Waals surface area contributed by atoms with Gasteiger partial charge in [0.2, 0.25) is 0 Å². The second-order valence-corrected chi connectivity index (χ2v) is 12.1. The molecule has 230 valence electrons. The summed E-state index contributed by atoms with van der Waals surface area (Å²) in [6, 6.07) is 63.5. The van der Waals surface area contributed by atoms with Crippen molar-refractivity contribution in [2.45, 2.75) is 0 Å². The lowest BCUT2D eigenvalue weighted by Gasteiger charge is -2.27. The summed E-state index contributed by atoms with van der Waals surface area (Å²) < 4.78 is 0. The smallest absolute Gasteiger partial charge is 0.164 e. The maximum Gasteiger partial charge on any atom is 0.164 e. The molecule has 0 bridgehead atoms. The lowest BCUT2D eigenvalue weighted by Crippen LogP contribution is -2.10. The number of benzene rings is 7. The molecule has 0 fully saturated rings. The highest BCUT2D eigenvalue weighted by molar-refractivity contribution is 6.03. The number of para-hydroxylation sites is 2. The molecule has 0 radical (unpaired) electrons. The Hall–Kier alpha value is -6.65. The summed E-state index contributed by atoms with van der Waals surface area (Å²) in [4.78, 5) is 17.2. The van der Waals surface area contributed by atoms with E-state index in [-0.39, 0.29) is 0 Å². The maximum absolute atomic E-state index is 4.98. The summed E-state index contributed by atoms with van der Waals surface area (Å²) >= 11 is 0. The minimum atomic E-state index is 0.639. The van der Waals surface area contributed by atoms with Gasteiger partial charge in [-0.2, -0.15) is 0 Å². The van der Waals surface area contributed by atoms with Crippen molar-refractivity contribution in [3.8, 4) is 67.5 Å². The van der Waals surface area contributed by atoms with E-state index in [0.717, 1.165) is 44.9 Å². The highest BCUT2D eigenvalue weighted by atomic mass is 15.1. The summed E-state index contributed by atoms with van der Waals surface area (Å²) in [6.07, 6.45) is 0. The Bertz CT molecular complexity index is 2380. The molecule has 1 aromatic heterocycles. The fourth-order valence-corrected chi connectivity index (χ4v) is 6.74. The molecule has 0 aliphatic carbocycles. The van der Waals surface area contributed by atoms with E-state index in [0.29, 0.717) is 17.5 Å². The van der Waals surface area contributed by atoms with Gasteiger partial charge in [0.25, 0.3) is 0 Å². The van der Waals surface area contributed by atoms with Gasteiger partial charge in [-0.1, -0.05) is 146 Å². The van der Waals surface area contributed by atoms with E-state index in [9.17, 15) is 0 Å². The van der Waals surface area contributed by atoms with Gasteiger partial charge in [0.1, 0.15) is 0 Å². The quantitative estimate of drug-likeness (QED) is 0.191. The number of fused-ring (bicyclic) bond motifs is 5. The zero-order valence-corrected chi connectivity index (χ0v) is 26.6. The Morgan fingerprint density at radius 2 is 0.735 bits per heavy atom. The summed E-state index contributed by atoms with van der Waals surface area (Å²) in [7, 11) is 0. The summed E-state index contributed by atoms with van der Waals surface area (Å²) in [6.45, 7) is 0. The molecule has 0 amide bonds. The zero-order chi connectivity index (χ0) is 32.6. The first-order valence-corrected chi connectivity index (χ1v) is 16.5. The Labute approximate surface area is 285 Å². The normalized spacial score (nSPS) is 11.6. The van der Waals surface area contributed by atoms with Gasteiger partial charge < -0.3 is 4.90 Å². The van der Waals surface area contributed by atoms with Crippen LogP contribution in [0.1, 0.15) is 0 Å². The van der Waals surface area contributed by atoms with Gasteiger partial charge in [-0.05, 0) is 58.7 Å². The van der Waals surface area contributed by atoms with Crippen LogP contribution >= 0.6 is 0 Å². The van der Waals surface area contributed by atoms with Crippen LogP contribution in [-0.4, -0.2) is 15.0 Å². The van der Waals surface area contributed by atoms with Crippen molar-refractivity contribution in [1.29, 1.82) is 0 Å². The highest BCUT2D eigenvalue weighted by Gasteiger charge is 2.26. The number of hydrogen-bond donors (Lipinski definition) is 0. The summed E-state index contributed by atoms with van der Waals surface area (Å²) in [5.74, 6) is 1.94. The molecule has 4 heteroatoms. The minimum absolute atomic E-state index is 0.639. The van der Waals surface area contributed by atoms with Gasteiger partial charge in [0.05, 0.1) is 11.4 Å². The van der Waals surface area contributed by atoms with Crippen molar-refractivity contribution in [2.75, 3.05) is 4.90 Å². The van der Waals surface area contributed by atoms with E-state index >= 15 is 0 Å². The van der Waals surface area contributed by atoms with E-state index < -0.39 is 0 Å². The predicted octanol–water partition coefficient (Wildman–Crippen LogP) is 11.7. The lowest BCUT2D eigenvalue weighted by atomic mass is 9.92. The molecule has 0 unspecified atom stereocenters. The SMILES string of the molecule is c1ccc(-c2nc(-c3ccccc3)nc(-c3cccc(-c4ccc5c(c4)-c4ccccc4-c4ccccc4N5c4ccccc4)c3)n2)cc1. The van der Waals surface area contributed by atoms with Crippen LogP contribution in [0, 0.1) is 0 Å². The van der Waals surface area contributed by atoms with E-state index in [4.69, 9.17) is 15.0 Å². The standard InChI is InChI=1S/C45H30N4/c1-4-15-31(16-5-1)43-46-44(32-17-6-2-7-18-32)48-45(47-43)35-20-14-19-33(29-35)34-27-28-42-40(30-34)38-24-11-10-23-37(38)39-25-12-13-26-41(39)49(42)36-21-8-3-9-22-36/h1-30H. The first kappa shape index (κ1) is 28.6. The van der Waals surface area contributed by atoms with Crippen LogP contribution in [-0.2, 0) is 0 Å². The molecule has 4 nitrogen and oxygen atoms in total. The summed E-state index contributed by atoms with van der Waals surface area (Å²) in [5, 5.41) is 0. The van der Waals surface area contributed by atoms with Crippen LogP contribution in [0.5, 0.6) is 0 Å². The van der Waals surface area contributed by atoms with Crippen LogP contribution in [0.2, 0.25) is 0 Å². The molecule has 0 saturated carbocycles. The molecule has 8 aromatic rings. The highest BCUT2D eigenvalue weighted by Crippen LogP contribution is 2.51. The van der Waals surface area contributed by atoms with Crippen molar-refractivity contribution < 1.29 is 0 Å². The first-order valence-electron chi connectivity index (χ1n) is 16.5. The van der Waals surface area contributed by atoms with Gasteiger partial charge in [0, 0.05) is 33.5 Å². The average Bonchev–Trinajstić information content (AvgIpc) is 3.31. The Morgan fingerprint density at radius 1 is 0.286 bits per heavy atom. The van der Waals surface area contributed by atoms with Crippen molar-refractivity contribution >= 4 is 17.1 Å². The molecule has 9 rings (SSSR count). The number of nitrogens with zero attached hydrogens (tertiary/aromatic N) is 4. The van der Waals surface area contributed by atoms with Crippen molar-refractivity contribution in [2.24, 2.45) is 0 Å². The number of rotatable bonds is 5. The van der Waals surface area contributed by atoms with Crippen LogP contribution in [0.3, 0.4) is 0 Å². The molecular formula is C45H30N4. The molecule has 0 atom stereocenters. The van der Waals surface area contributed by atoms with Crippen molar-refractivity contribution in [3.05, 3.63) is 182 Å². The minimum Gasteiger partial charge on any atom is -0.309 e. The Kier molecular flexibility index (Phi) is 7.10. The van der Waals surface area contributed by atoms with Gasteiger partial charge >= 0.3 is 0 Å². The molecular weight excluding hydrogens is 597 g/mol. The monoisotopic (exact) mass is 626 g/mol. The van der Waals surface area contributed by atoms with Gasteiger partial charge in [-0.25, -0.2) is 15.0 Å². The van der Waals surface area contributed by atoms with E-state index in [1.165, 1.54) is 22.3 Å². The number of aromatic nitrogens is 3. The fourth-order valence-electron chi connectivity index (χ4n) is 6.74. The number of anilines is 3. The third kappa shape index (κ3) is 5.26. The zero-order valence-electron chi connectivity index (χ0n) is 26.6. The van der Waals surface area contributed by atoms with Gasteiger partial charge in [-0.15, -0.1) is 0 Å². The molecule has 49 heavy (non-hydrogen) atoms.